The van der Waals surface area contributed by atoms with Crippen molar-refractivity contribution < 1.29 is 14.3 Å². The molecule has 0 amide bonds. The van der Waals surface area contributed by atoms with Crippen molar-refractivity contribution in [3.63, 3.8) is 0 Å². The van der Waals surface area contributed by atoms with Crippen LogP contribution in [-0.2, 0) is 5.41 Å². The van der Waals surface area contributed by atoms with Gasteiger partial charge >= 0.3 is 5.97 Å². The van der Waals surface area contributed by atoms with Crippen LogP contribution in [0.1, 0.15) is 43.4 Å². The molecule has 0 aliphatic rings. The molecule has 2 aromatic heterocycles. The van der Waals surface area contributed by atoms with Gasteiger partial charge in [-0.3, -0.25) is 0 Å². The van der Waals surface area contributed by atoms with Crippen molar-refractivity contribution in [3.8, 4) is 10.8 Å². The van der Waals surface area contributed by atoms with Crippen molar-refractivity contribution in [1.82, 2.24) is 4.98 Å². The second-order valence-corrected chi connectivity index (χ2v) is 5.66. The van der Waals surface area contributed by atoms with E-state index in [0.29, 0.717) is 11.7 Å². The van der Waals surface area contributed by atoms with Crippen LogP contribution in [0.5, 0.6) is 0 Å². The summed E-state index contributed by atoms with van der Waals surface area (Å²) in [4.78, 5) is 16.2. The lowest BCUT2D eigenvalue weighted by atomic mass is 9.86. The second-order valence-electron chi connectivity index (χ2n) is 4.72. The van der Waals surface area contributed by atoms with Gasteiger partial charge in [0.25, 0.3) is 0 Å². The summed E-state index contributed by atoms with van der Waals surface area (Å²) in [5, 5.41) is 11.1. The van der Waals surface area contributed by atoms with E-state index >= 15 is 0 Å². The third-order valence-corrected chi connectivity index (χ3v) is 3.92. The zero-order valence-corrected chi connectivity index (χ0v) is 11.4. The van der Waals surface area contributed by atoms with Gasteiger partial charge in [0, 0.05) is 5.41 Å². The Morgan fingerprint density at radius 3 is 2.78 bits per heavy atom. The largest absolute Gasteiger partial charge is 0.476 e. The van der Waals surface area contributed by atoms with E-state index in [1.54, 1.807) is 0 Å². The van der Waals surface area contributed by atoms with E-state index in [4.69, 9.17) is 4.42 Å². The Kier molecular flexibility index (Phi) is 3.26. The van der Waals surface area contributed by atoms with E-state index in [1.165, 1.54) is 11.3 Å². The fraction of sp³-hybridized carbons (Fsp3) is 0.385. The standard InChI is InChI=1S/C13H15NO3S/c1-4-13(2,3)10-9(12(15)16)14-11(17-10)8-6-5-7-18-8/h5-7H,4H2,1-3H3,(H,15,16). The summed E-state index contributed by atoms with van der Waals surface area (Å²) < 4.78 is 5.69. The molecule has 0 radical (unpaired) electrons. The van der Waals surface area contributed by atoms with E-state index in [-0.39, 0.29) is 11.1 Å². The topological polar surface area (TPSA) is 63.3 Å². The monoisotopic (exact) mass is 265 g/mol. The van der Waals surface area contributed by atoms with Crippen molar-refractivity contribution in [2.45, 2.75) is 32.6 Å². The van der Waals surface area contributed by atoms with Crippen LogP contribution >= 0.6 is 11.3 Å². The average Bonchev–Trinajstić information content (AvgIpc) is 2.97. The van der Waals surface area contributed by atoms with Crippen molar-refractivity contribution in [3.05, 3.63) is 29.0 Å². The zero-order valence-electron chi connectivity index (χ0n) is 10.6. The predicted octanol–water partition coefficient (Wildman–Crippen LogP) is 3.79. The van der Waals surface area contributed by atoms with Crippen LogP contribution in [-0.4, -0.2) is 16.1 Å². The second kappa shape index (κ2) is 4.57. The predicted molar refractivity (Wildman–Crippen MR) is 70.1 cm³/mol. The Bertz CT molecular complexity index is 555. The Morgan fingerprint density at radius 2 is 2.28 bits per heavy atom. The number of carboxylic acids is 1. The Hall–Kier alpha value is -1.62. The van der Waals surface area contributed by atoms with Gasteiger partial charge in [0.05, 0.1) is 4.88 Å². The number of thiophene rings is 1. The molecule has 2 heterocycles. The first-order valence-electron chi connectivity index (χ1n) is 5.74. The Labute approximate surface area is 109 Å². The maximum atomic E-state index is 11.2. The van der Waals surface area contributed by atoms with Gasteiger partial charge in [-0.15, -0.1) is 11.3 Å². The van der Waals surface area contributed by atoms with E-state index < -0.39 is 5.97 Å². The maximum absolute atomic E-state index is 11.2. The molecule has 0 unspecified atom stereocenters. The molecule has 0 fully saturated rings. The molecule has 0 bridgehead atoms. The lowest BCUT2D eigenvalue weighted by molar-refractivity contribution is 0.0686. The highest BCUT2D eigenvalue weighted by Crippen LogP contribution is 2.34. The molecule has 18 heavy (non-hydrogen) atoms. The molecule has 0 aromatic carbocycles. The van der Waals surface area contributed by atoms with Crippen LogP contribution in [0.4, 0.5) is 0 Å². The minimum Gasteiger partial charge on any atom is -0.476 e. The van der Waals surface area contributed by atoms with E-state index in [9.17, 15) is 9.90 Å². The summed E-state index contributed by atoms with van der Waals surface area (Å²) >= 11 is 1.48. The van der Waals surface area contributed by atoms with Crippen molar-refractivity contribution >= 4 is 17.3 Å². The molecule has 0 aliphatic heterocycles. The van der Waals surface area contributed by atoms with Gasteiger partial charge in [0.1, 0.15) is 5.76 Å². The summed E-state index contributed by atoms with van der Waals surface area (Å²) in [7, 11) is 0. The van der Waals surface area contributed by atoms with Crippen LogP contribution in [0, 0.1) is 0 Å². The quantitative estimate of drug-likeness (QED) is 0.913. The molecule has 4 nitrogen and oxygen atoms in total. The fourth-order valence-corrected chi connectivity index (χ4v) is 2.24. The molecule has 0 spiro atoms. The molecule has 0 saturated heterocycles. The Morgan fingerprint density at radius 1 is 1.56 bits per heavy atom. The van der Waals surface area contributed by atoms with Gasteiger partial charge in [-0.05, 0) is 17.9 Å². The number of hydrogen-bond acceptors (Lipinski definition) is 4. The number of aromatic nitrogens is 1. The molecule has 1 N–H and O–H groups in total. The van der Waals surface area contributed by atoms with Crippen molar-refractivity contribution in [2.24, 2.45) is 0 Å². The zero-order chi connectivity index (χ0) is 13.3. The third kappa shape index (κ3) is 2.18. The highest BCUT2D eigenvalue weighted by atomic mass is 32.1. The first-order valence-corrected chi connectivity index (χ1v) is 6.62. The fourth-order valence-electron chi connectivity index (χ4n) is 1.59. The number of carbonyl (C=O) groups is 1. The van der Waals surface area contributed by atoms with E-state index in [2.05, 4.69) is 4.98 Å². The van der Waals surface area contributed by atoms with E-state index in [0.717, 1.165) is 11.3 Å². The molecule has 5 heteroatoms. The average molecular weight is 265 g/mol. The smallest absolute Gasteiger partial charge is 0.358 e. The summed E-state index contributed by atoms with van der Waals surface area (Å²) in [6.45, 7) is 5.91. The maximum Gasteiger partial charge on any atom is 0.358 e. The lowest BCUT2D eigenvalue weighted by Gasteiger charge is -2.19. The van der Waals surface area contributed by atoms with E-state index in [1.807, 2.05) is 38.3 Å². The first-order chi connectivity index (χ1) is 8.45. The van der Waals surface area contributed by atoms with Crippen LogP contribution in [0.2, 0.25) is 0 Å². The summed E-state index contributed by atoms with van der Waals surface area (Å²) in [5.74, 6) is -0.210. The number of oxazole rings is 1. The van der Waals surface area contributed by atoms with Gasteiger partial charge in [0.2, 0.25) is 5.89 Å². The number of nitrogens with zero attached hydrogens (tertiary/aromatic N) is 1. The van der Waals surface area contributed by atoms with Gasteiger partial charge in [-0.2, -0.15) is 0 Å². The van der Waals surface area contributed by atoms with Crippen LogP contribution in [0.25, 0.3) is 10.8 Å². The van der Waals surface area contributed by atoms with Gasteiger partial charge in [-0.1, -0.05) is 26.8 Å². The molecule has 2 aromatic rings. The molecular formula is C13H15NO3S. The normalized spacial score (nSPS) is 11.7. The van der Waals surface area contributed by atoms with Gasteiger partial charge in [0.15, 0.2) is 5.69 Å². The minimum absolute atomic E-state index is 0.0188. The number of aromatic carboxylic acids is 1. The Balaban J connectivity index is 2.56. The highest BCUT2D eigenvalue weighted by Gasteiger charge is 2.31. The summed E-state index contributed by atoms with van der Waals surface area (Å²) in [6, 6.07) is 3.75. The van der Waals surface area contributed by atoms with Gasteiger partial charge < -0.3 is 9.52 Å². The van der Waals surface area contributed by atoms with Crippen LogP contribution in [0.15, 0.2) is 21.9 Å². The van der Waals surface area contributed by atoms with Crippen molar-refractivity contribution in [2.75, 3.05) is 0 Å². The minimum atomic E-state index is -1.04. The SMILES string of the molecule is CCC(C)(C)c1oc(-c2cccs2)nc1C(=O)O. The molecule has 0 atom stereocenters. The molecule has 2 rings (SSSR count). The molecule has 96 valence electrons. The molecular weight excluding hydrogens is 250 g/mol. The number of rotatable bonds is 4. The number of hydrogen-bond donors (Lipinski definition) is 1. The van der Waals surface area contributed by atoms with Crippen molar-refractivity contribution in [1.29, 1.82) is 0 Å². The van der Waals surface area contributed by atoms with Crippen LogP contribution < -0.4 is 0 Å². The number of carboxylic acid groups (broad SMARTS) is 1. The summed E-state index contributed by atoms with van der Waals surface area (Å²) in [6.07, 6.45) is 0.784. The third-order valence-electron chi connectivity index (χ3n) is 3.06. The van der Waals surface area contributed by atoms with Gasteiger partial charge in [-0.25, -0.2) is 9.78 Å². The lowest BCUT2D eigenvalue weighted by Crippen LogP contribution is -2.18. The molecule has 0 aliphatic carbocycles. The highest BCUT2D eigenvalue weighted by molar-refractivity contribution is 7.13. The van der Waals surface area contributed by atoms with Crippen LogP contribution in [0.3, 0.4) is 0 Å². The molecule has 0 saturated carbocycles. The first kappa shape index (κ1) is 12.8. The summed E-state index contributed by atoms with van der Waals surface area (Å²) in [5.41, 5.74) is -0.318.